The first-order chi connectivity index (χ1) is 7.83. The molecule has 0 spiro atoms. The molecule has 2 rings (SSSR count). The van der Waals surface area contributed by atoms with Gasteiger partial charge >= 0.3 is 0 Å². The number of hydrogen-bond acceptors (Lipinski definition) is 4. The molecule has 84 valence electrons. The quantitative estimate of drug-likeness (QED) is 0.807. The average Bonchev–Trinajstić information content (AvgIpc) is 2.80. The minimum atomic E-state index is 0.0289. The summed E-state index contributed by atoms with van der Waals surface area (Å²) in [7, 11) is 0. The molecule has 2 aromatic heterocycles. The summed E-state index contributed by atoms with van der Waals surface area (Å²) in [4.78, 5) is 8.35. The third-order valence-electron chi connectivity index (χ3n) is 2.51. The third-order valence-corrected chi connectivity index (χ3v) is 2.51. The number of rotatable bonds is 4. The third kappa shape index (κ3) is 2.09. The minimum Gasteiger partial charge on any atom is -0.304 e. The van der Waals surface area contributed by atoms with E-state index < -0.39 is 0 Å². The molecule has 5 nitrogen and oxygen atoms in total. The van der Waals surface area contributed by atoms with Crippen molar-refractivity contribution in [2.24, 2.45) is 0 Å². The molecule has 16 heavy (non-hydrogen) atoms. The Morgan fingerprint density at radius 1 is 1.50 bits per heavy atom. The number of aromatic nitrogens is 4. The second-order valence-corrected chi connectivity index (χ2v) is 3.59. The topological polar surface area (TPSA) is 66.5 Å². The molecule has 1 atom stereocenters. The van der Waals surface area contributed by atoms with Crippen molar-refractivity contribution >= 4 is 0 Å². The van der Waals surface area contributed by atoms with E-state index in [0.29, 0.717) is 0 Å². The maximum atomic E-state index is 4.20. The SMILES string of the molecule is CCNC(c1ncn[nH]1)c1cnccc1C. The van der Waals surface area contributed by atoms with Gasteiger partial charge in [-0.25, -0.2) is 4.98 Å². The zero-order valence-corrected chi connectivity index (χ0v) is 9.44. The number of aryl methyl sites for hydroxylation is 1. The van der Waals surface area contributed by atoms with Gasteiger partial charge in [0.2, 0.25) is 0 Å². The van der Waals surface area contributed by atoms with Crippen LogP contribution in [0.4, 0.5) is 0 Å². The Morgan fingerprint density at radius 3 is 3.00 bits per heavy atom. The highest BCUT2D eigenvalue weighted by Crippen LogP contribution is 2.20. The van der Waals surface area contributed by atoms with Crippen molar-refractivity contribution in [3.8, 4) is 0 Å². The normalized spacial score (nSPS) is 12.6. The molecule has 2 aromatic rings. The van der Waals surface area contributed by atoms with E-state index in [-0.39, 0.29) is 6.04 Å². The van der Waals surface area contributed by atoms with Gasteiger partial charge in [0.25, 0.3) is 0 Å². The molecular weight excluding hydrogens is 202 g/mol. The number of pyridine rings is 1. The van der Waals surface area contributed by atoms with E-state index in [0.717, 1.165) is 17.9 Å². The second kappa shape index (κ2) is 4.85. The number of aromatic amines is 1. The predicted octanol–water partition coefficient (Wildman–Crippen LogP) is 1.21. The summed E-state index contributed by atoms with van der Waals surface area (Å²) in [5, 5.41) is 10.1. The molecule has 0 radical (unpaired) electrons. The van der Waals surface area contributed by atoms with Gasteiger partial charge < -0.3 is 5.32 Å². The molecule has 0 bridgehead atoms. The van der Waals surface area contributed by atoms with Crippen LogP contribution in [0.2, 0.25) is 0 Å². The molecule has 0 fully saturated rings. The zero-order chi connectivity index (χ0) is 11.4. The van der Waals surface area contributed by atoms with Crippen molar-refractivity contribution in [2.45, 2.75) is 19.9 Å². The lowest BCUT2D eigenvalue weighted by atomic mass is 10.0. The average molecular weight is 217 g/mol. The summed E-state index contributed by atoms with van der Waals surface area (Å²) >= 11 is 0. The maximum absolute atomic E-state index is 4.20. The Morgan fingerprint density at radius 2 is 2.38 bits per heavy atom. The van der Waals surface area contributed by atoms with Crippen LogP contribution in [0.1, 0.15) is 29.9 Å². The predicted molar refractivity (Wildman–Crippen MR) is 60.9 cm³/mol. The number of H-pyrrole nitrogens is 1. The minimum absolute atomic E-state index is 0.0289. The Labute approximate surface area is 94.3 Å². The van der Waals surface area contributed by atoms with Gasteiger partial charge in [0, 0.05) is 12.4 Å². The molecule has 0 aliphatic heterocycles. The summed E-state index contributed by atoms with van der Waals surface area (Å²) in [5.74, 6) is 0.818. The Kier molecular flexibility index (Phi) is 3.26. The van der Waals surface area contributed by atoms with E-state index in [1.807, 2.05) is 12.3 Å². The van der Waals surface area contributed by atoms with Crippen LogP contribution in [0.15, 0.2) is 24.8 Å². The summed E-state index contributed by atoms with van der Waals surface area (Å²) in [6.07, 6.45) is 5.18. The van der Waals surface area contributed by atoms with Crippen molar-refractivity contribution in [3.63, 3.8) is 0 Å². The molecule has 2 heterocycles. The zero-order valence-electron chi connectivity index (χ0n) is 9.44. The largest absolute Gasteiger partial charge is 0.304 e. The van der Waals surface area contributed by atoms with Crippen LogP contribution in [-0.4, -0.2) is 26.7 Å². The van der Waals surface area contributed by atoms with Crippen LogP contribution >= 0.6 is 0 Å². The smallest absolute Gasteiger partial charge is 0.146 e. The molecule has 0 saturated carbocycles. The first kappa shape index (κ1) is 10.8. The van der Waals surface area contributed by atoms with Crippen molar-refractivity contribution in [3.05, 3.63) is 41.7 Å². The van der Waals surface area contributed by atoms with E-state index in [2.05, 4.69) is 39.3 Å². The number of nitrogens with one attached hydrogen (secondary N) is 2. The highest BCUT2D eigenvalue weighted by molar-refractivity contribution is 5.29. The molecule has 1 unspecified atom stereocenters. The summed E-state index contributed by atoms with van der Waals surface area (Å²) in [5.41, 5.74) is 2.32. The Hall–Kier alpha value is -1.75. The van der Waals surface area contributed by atoms with Gasteiger partial charge in [-0.3, -0.25) is 10.1 Å². The summed E-state index contributed by atoms with van der Waals surface area (Å²) in [6, 6.07) is 2.02. The van der Waals surface area contributed by atoms with Gasteiger partial charge in [-0.15, -0.1) is 0 Å². The number of hydrogen-bond donors (Lipinski definition) is 2. The van der Waals surface area contributed by atoms with Crippen LogP contribution in [0.25, 0.3) is 0 Å². The summed E-state index contributed by atoms with van der Waals surface area (Å²) < 4.78 is 0. The second-order valence-electron chi connectivity index (χ2n) is 3.59. The van der Waals surface area contributed by atoms with Gasteiger partial charge in [0.05, 0.1) is 6.04 Å². The van der Waals surface area contributed by atoms with E-state index in [4.69, 9.17) is 0 Å². The molecule has 5 heteroatoms. The Bertz CT molecular complexity index is 437. The molecule has 0 aromatic carbocycles. The van der Waals surface area contributed by atoms with Crippen molar-refractivity contribution < 1.29 is 0 Å². The van der Waals surface area contributed by atoms with Crippen molar-refractivity contribution in [1.29, 1.82) is 0 Å². The van der Waals surface area contributed by atoms with E-state index in [9.17, 15) is 0 Å². The van der Waals surface area contributed by atoms with E-state index in [1.165, 1.54) is 11.9 Å². The lowest BCUT2D eigenvalue weighted by molar-refractivity contribution is 0.595. The van der Waals surface area contributed by atoms with Gasteiger partial charge in [0.15, 0.2) is 0 Å². The fraction of sp³-hybridized carbons (Fsp3) is 0.364. The fourth-order valence-electron chi connectivity index (χ4n) is 1.69. The molecule has 0 amide bonds. The molecule has 0 saturated heterocycles. The summed E-state index contributed by atoms with van der Waals surface area (Å²) in [6.45, 7) is 4.99. The maximum Gasteiger partial charge on any atom is 0.146 e. The van der Waals surface area contributed by atoms with Crippen molar-refractivity contribution in [2.75, 3.05) is 6.54 Å². The Balaban J connectivity index is 2.37. The molecule has 0 aliphatic rings. The van der Waals surface area contributed by atoms with Gasteiger partial charge in [-0.05, 0) is 30.7 Å². The van der Waals surface area contributed by atoms with E-state index >= 15 is 0 Å². The molecule has 0 aliphatic carbocycles. The monoisotopic (exact) mass is 217 g/mol. The lowest BCUT2D eigenvalue weighted by Gasteiger charge is -2.17. The standard InChI is InChI=1S/C11H15N5/c1-3-13-10(11-14-7-15-16-11)9-6-12-5-4-8(9)2/h4-7,10,13H,3H2,1-2H3,(H,14,15,16). The van der Waals surface area contributed by atoms with Crippen LogP contribution in [0.3, 0.4) is 0 Å². The van der Waals surface area contributed by atoms with Crippen molar-refractivity contribution in [1.82, 2.24) is 25.5 Å². The first-order valence-corrected chi connectivity index (χ1v) is 5.32. The van der Waals surface area contributed by atoms with Gasteiger partial charge in [-0.2, -0.15) is 5.10 Å². The lowest BCUT2D eigenvalue weighted by Crippen LogP contribution is -2.24. The highest BCUT2D eigenvalue weighted by Gasteiger charge is 2.17. The van der Waals surface area contributed by atoms with Crippen LogP contribution in [-0.2, 0) is 0 Å². The van der Waals surface area contributed by atoms with Gasteiger partial charge in [-0.1, -0.05) is 6.92 Å². The van der Waals surface area contributed by atoms with Crippen LogP contribution in [0.5, 0.6) is 0 Å². The van der Waals surface area contributed by atoms with Gasteiger partial charge in [0.1, 0.15) is 12.2 Å². The van der Waals surface area contributed by atoms with E-state index in [1.54, 1.807) is 6.20 Å². The van der Waals surface area contributed by atoms with Crippen LogP contribution in [0, 0.1) is 6.92 Å². The number of nitrogens with zero attached hydrogens (tertiary/aromatic N) is 3. The molecular formula is C11H15N5. The van der Waals surface area contributed by atoms with Crippen LogP contribution < -0.4 is 5.32 Å². The highest BCUT2D eigenvalue weighted by atomic mass is 15.2. The molecule has 2 N–H and O–H groups in total. The fourth-order valence-corrected chi connectivity index (χ4v) is 1.69. The first-order valence-electron chi connectivity index (χ1n) is 5.32.